The zero-order valence-corrected chi connectivity index (χ0v) is 16.6. The molecular formula is C20H23BrO4. The third-order valence-electron chi connectivity index (χ3n) is 3.93. The fourth-order valence-corrected chi connectivity index (χ4v) is 2.95. The molecule has 2 rings (SSSR count). The van der Waals surface area contributed by atoms with Crippen LogP contribution in [0.4, 0.5) is 0 Å². The maximum Gasteiger partial charge on any atom is 0.311 e. The van der Waals surface area contributed by atoms with Gasteiger partial charge < -0.3 is 14.2 Å². The standard InChI is InChI=1S/C20H23BrO4/c1-13(2)14-5-8-16(9-6-14)25-20(22)10-7-15-11-18(23-3)19(24-4)12-17(15)21/h5-6,8-9,11-13H,7,10H2,1-4H3. The number of hydrogen-bond donors (Lipinski definition) is 0. The van der Waals surface area contributed by atoms with Gasteiger partial charge in [-0.3, -0.25) is 4.79 Å². The van der Waals surface area contributed by atoms with E-state index < -0.39 is 0 Å². The van der Waals surface area contributed by atoms with Gasteiger partial charge in [-0.05, 0) is 47.7 Å². The van der Waals surface area contributed by atoms with Gasteiger partial charge in [-0.15, -0.1) is 0 Å². The summed E-state index contributed by atoms with van der Waals surface area (Å²) in [5.74, 6) is 2.04. The first kappa shape index (κ1) is 19.3. The molecule has 0 heterocycles. The van der Waals surface area contributed by atoms with Gasteiger partial charge in [0.15, 0.2) is 11.5 Å². The first-order valence-electron chi connectivity index (χ1n) is 8.15. The van der Waals surface area contributed by atoms with Crippen LogP contribution < -0.4 is 14.2 Å². The summed E-state index contributed by atoms with van der Waals surface area (Å²) in [6.45, 7) is 4.25. The van der Waals surface area contributed by atoms with Crippen molar-refractivity contribution in [2.75, 3.05) is 14.2 Å². The Labute approximate surface area is 157 Å². The van der Waals surface area contributed by atoms with Crippen molar-refractivity contribution in [2.45, 2.75) is 32.6 Å². The van der Waals surface area contributed by atoms with Crippen LogP contribution in [0, 0.1) is 0 Å². The second kappa shape index (κ2) is 8.90. The molecule has 0 aliphatic rings. The van der Waals surface area contributed by atoms with Crippen molar-refractivity contribution in [3.05, 3.63) is 52.0 Å². The van der Waals surface area contributed by atoms with E-state index in [9.17, 15) is 4.79 Å². The van der Waals surface area contributed by atoms with Gasteiger partial charge in [-0.2, -0.15) is 0 Å². The fraction of sp³-hybridized carbons (Fsp3) is 0.350. The Morgan fingerprint density at radius 3 is 2.20 bits per heavy atom. The number of benzene rings is 2. The Bertz CT molecular complexity index is 723. The topological polar surface area (TPSA) is 44.8 Å². The van der Waals surface area contributed by atoms with Crippen molar-refractivity contribution in [2.24, 2.45) is 0 Å². The van der Waals surface area contributed by atoms with Crippen molar-refractivity contribution in [3.63, 3.8) is 0 Å². The molecule has 0 aliphatic carbocycles. The van der Waals surface area contributed by atoms with Gasteiger partial charge in [-0.25, -0.2) is 0 Å². The molecule has 134 valence electrons. The molecule has 0 saturated heterocycles. The quantitative estimate of drug-likeness (QED) is 0.472. The number of aryl methyl sites for hydroxylation is 1. The minimum atomic E-state index is -0.265. The Balaban J connectivity index is 1.97. The van der Waals surface area contributed by atoms with Crippen molar-refractivity contribution in [3.8, 4) is 17.2 Å². The summed E-state index contributed by atoms with van der Waals surface area (Å²) >= 11 is 3.50. The summed E-state index contributed by atoms with van der Waals surface area (Å²) in [6, 6.07) is 11.3. The highest BCUT2D eigenvalue weighted by Crippen LogP contribution is 2.33. The summed E-state index contributed by atoms with van der Waals surface area (Å²) in [5, 5.41) is 0. The number of hydrogen-bond acceptors (Lipinski definition) is 4. The van der Waals surface area contributed by atoms with Crippen LogP contribution in [0.15, 0.2) is 40.9 Å². The van der Waals surface area contributed by atoms with Gasteiger partial charge in [0.1, 0.15) is 5.75 Å². The van der Waals surface area contributed by atoms with E-state index in [4.69, 9.17) is 14.2 Å². The fourth-order valence-electron chi connectivity index (χ4n) is 2.43. The lowest BCUT2D eigenvalue weighted by Crippen LogP contribution is -2.09. The number of halogens is 1. The number of rotatable bonds is 7. The lowest BCUT2D eigenvalue weighted by atomic mass is 10.0. The second-order valence-electron chi connectivity index (χ2n) is 6.00. The van der Waals surface area contributed by atoms with E-state index >= 15 is 0 Å². The molecule has 0 aromatic heterocycles. The normalized spacial score (nSPS) is 10.6. The van der Waals surface area contributed by atoms with Gasteiger partial charge in [0.05, 0.1) is 20.6 Å². The molecule has 0 bridgehead atoms. The molecule has 4 nitrogen and oxygen atoms in total. The number of ether oxygens (including phenoxy) is 3. The van der Waals surface area contributed by atoms with E-state index in [1.165, 1.54) is 5.56 Å². The number of methoxy groups -OCH3 is 2. The molecule has 0 atom stereocenters. The van der Waals surface area contributed by atoms with Gasteiger partial charge >= 0.3 is 5.97 Å². The minimum absolute atomic E-state index is 0.265. The van der Waals surface area contributed by atoms with E-state index in [1.54, 1.807) is 14.2 Å². The van der Waals surface area contributed by atoms with Crippen molar-refractivity contribution in [1.82, 2.24) is 0 Å². The molecule has 0 amide bonds. The molecule has 0 radical (unpaired) electrons. The zero-order valence-electron chi connectivity index (χ0n) is 15.0. The molecule has 0 saturated carbocycles. The molecule has 0 unspecified atom stereocenters. The second-order valence-corrected chi connectivity index (χ2v) is 6.85. The highest BCUT2D eigenvalue weighted by atomic mass is 79.9. The van der Waals surface area contributed by atoms with E-state index in [1.807, 2.05) is 36.4 Å². The number of carbonyl (C=O) groups excluding carboxylic acids is 1. The van der Waals surface area contributed by atoms with Crippen molar-refractivity contribution < 1.29 is 19.0 Å². The first-order valence-corrected chi connectivity index (χ1v) is 8.95. The minimum Gasteiger partial charge on any atom is -0.493 e. The Morgan fingerprint density at radius 2 is 1.64 bits per heavy atom. The Morgan fingerprint density at radius 1 is 1.04 bits per heavy atom. The molecule has 0 N–H and O–H groups in total. The van der Waals surface area contributed by atoms with Crippen LogP contribution in [0.2, 0.25) is 0 Å². The highest BCUT2D eigenvalue weighted by Gasteiger charge is 2.12. The Hall–Kier alpha value is -2.01. The van der Waals surface area contributed by atoms with Crippen LogP contribution in [-0.4, -0.2) is 20.2 Å². The predicted molar refractivity (Wildman–Crippen MR) is 102 cm³/mol. The molecule has 25 heavy (non-hydrogen) atoms. The van der Waals surface area contributed by atoms with Gasteiger partial charge in [0.2, 0.25) is 0 Å². The lowest BCUT2D eigenvalue weighted by Gasteiger charge is -2.12. The average Bonchev–Trinajstić information content (AvgIpc) is 2.60. The smallest absolute Gasteiger partial charge is 0.311 e. The maximum absolute atomic E-state index is 12.1. The van der Waals surface area contributed by atoms with Crippen LogP contribution in [0.5, 0.6) is 17.2 Å². The van der Waals surface area contributed by atoms with E-state index in [0.717, 1.165) is 10.0 Å². The third kappa shape index (κ3) is 5.23. The molecule has 0 aliphatic heterocycles. The summed E-state index contributed by atoms with van der Waals surface area (Å²) in [4.78, 5) is 12.1. The molecule has 0 spiro atoms. The lowest BCUT2D eigenvalue weighted by molar-refractivity contribution is -0.134. The first-order chi connectivity index (χ1) is 11.9. The molecule has 2 aromatic carbocycles. The average molecular weight is 407 g/mol. The van der Waals surface area contributed by atoms with Crippen LogP contribution in [0.25, 0.3) is 0 Å². The van der Waals surface area contributed by atoms with Crippen LogP contribution in [-0.2, 0) is 11.2 Å². The van der Waals surface area contributed by atoms with Gasteiger partial charge in [0.25, 0.3) is 0 Å². The number of carbonyl (C=O) groups is 1. The van der Waals surface area contributed by atoms with Gasteiger partial charge in [-0.1, -0.05) is 41.9 Å². The van der Waals surface area contributed by atoms with Gasteiger partial charge in [0, 0.05) is 4.47 Å². The molecule has 0 fully saturated rings. The molecule has 5 heteroatoms. The van der Waals surface area contributed by atoms with Crippen LogP contribution >= 0.6 is 15.9 Å². The zero-order chi connectivity index (χ0) is 18.4. The SMILES string of the molecule is COc1cc(Br)c(CCC(=O)Oc2ccc(C(C)C)cc2)cc1OC. The molecular weight excluding hydrogens is 384 g/mol. The van der Waals surface area contributed by atoms with E-state index in [2.05, 4.69) is 29.8 Å². The van der Waals surface area contributed by atoms with Crippen LogP contribution in [0.1, 0.15) is 37.3 Å². The summed E-state index contributed by atoms with van der Waals surface area (Å²) in [6.07, 6.45) is 0.823. The monoisotopic (exact) mass is 406 g/mol. The highest BCUT2D eigenvalue weighted by molar-refractivity contribution is 9.10. The summed E-state index contributed by atoms with van der Waals surface area (Å²) in [5.41, 5.74) is 2.18. The van der Waals surface area contributed by atoms with E-state index in [-0.39, 0.29) is 12.4 Å². The van der Waals surface area contributed by atoms with Crippen LogP contribution in [0.3, 0.4) is 0 Å². The maximum atomic E-state index is 12.1. The largest absolute Gasteiger partial charge is 0.493 e. The molecule has 2 aromatic rings. The van der Waals surface area contributed by atoms with Crippen molar-refractivity contribution >= 4 is 21.9 Å². The predicted octanol–water partition coefficient (Wildman–Crippen LogP) is 5.13. The van der Waals surface area contributed by atoms with Crippen molar-refractivity contribution in [1.29, 1.82) is 0 Å². The number of esters is 1. The summed E-state index contributed by atoms with van der Waals surface area (Å²) in [7, 11) is 3.18. The summed E-state index contributed by atoms with van der Waals surface area (Å²) < 4.78 is 16.8. The Kier molecular flexibility index (Phi) is 6.88. The third-order valence-corrected chi connectivity index (χ3v) is 4.67. The van der Waals surface area contributed by atoms with E-state index in [0.29, 0.717) is 29.6 Å².